The molecule has 19 heavy (non-hydrogen) atoms. The largest absolute Gasteiger partial charge is 0.481 e. The number of nitrogens with one attached hydrogen (secondary N) is 1. The molecule has 6 nitrogen and oxygen atoms in total. The molecule has 1 aliphatic rings. The Hall–Kier alpha value is -1.30. The molecule has 1 fully saturated rings. The Bertz CT molecular complexity index is 317. The van der Waals surface area contributed by atoms with Crippen molar-refractivity contribution in [1.82, 2.24) is 5.32 Å². The first kappa shape index (κ1) is 15.8. The van der Waals surface area contributed by atoms with E-state index >= 15 is 0 Å². The summed E-state index contributed by atoms with van der Waals surface area (Å²) >= 11 is 0. The summed E-state index contributed by atoms with van der Waals surface area (Å²) in [4.78, 5) is 22.6. The van der Waals surface area contributed by atoms with Crippen LogP contribution < -0.4 is 5.32 Å². The van der Waals surface area contributed by atoms with Gasteiger partial charge in [0.15, 0.2) is 0 Å². The van der Waals surface area contributed by atoms with Crippen LogP contribution in [-0.4, -0.2) is 42.0 Å². The van der Waals surface area contributed by atoms with Gasteiger partial charge in [0.2, 0.25) is 0 Å². The van der Waals surface area contributed by atoms with Gasteiger partial charge in [-0.1, -0.05) is 0 Å². The van der Waals surface area contributed by atoms with Crippen LogP contribution in [0.4, 0.5) is 4.79 Å². The second-order valence-electron chi connectivity index (χ2n) is 5.83. The first-order valence-electron chi connectivity index (χ1n) is 6.57. The summed E-state index contributed by atoms with van der Waals surface area (Å²) in [5.74, 6) is -0.913. The smallest absolute Gasteiger partial charge is 0.407 e. The Balaban J connectivity index is 2.58. The first-order chi connectivity index (χ1) is 8.78. The fraction of sp³-hybridized carbons (Fsp3) is 0.846. The highest BCUT2D eigenvalue weighted by atomic mass is 16.6. The van der Waals surface area contributed by atoms with Crippen molar-refractivity contribution < 1.29 is 24.2 Å². The lowest BCUT2D eigenvalue weighted by Crippen LogP contribution is -2.46. The average Bonchev–Trinajstić information content (AvgIpc) is 2.26. The summed E-state index contributed by atoms with van der Waals surface area (Å²) in [5.41, 5.74) is -0.596. The van der Waals surface area contributed by atoms with Crippen molar-refractivity contribution in [2.75, 3.05) is 13.2 Å². The van der Waals surface area contributed by atoms with E-state index in [0.717, 1.165) is 12.8 Å². The van der Waals surface area contributed by atoms with E-state index in [2.05, 4.69) is 5.32 Å². The number of carbonyl (C=O) groups is 2. The lowest BCUT2D eigenvalue weighted by atomic mass is 9.91. The van der Waals surface area contributed by atoms with Gasteiger partial charge in [-0.05, 0) is 33.6 Å². The van der Waals surface area contributed by atoms with Crippen molar-refractivity contribution in [3.05, 3.63) is 0 Å². The first-order valence-corrected chi connectivity index (χ1v) is 6.57. The van der Waals surface area contributed by atoms with E-state index in [1.165, 1.54) is 0 Å². The zero-order valence-corrected chi connectivity index (χ0v) is 11.8. The highest BCUT2D eigenvalue weighted by molar-refractivity contribution is 5.71. The van der Waals surface area contributed by atoms with Crippen LogP contribution in [0.3, 0.4) is 0 Å². The molecule has 1 saturated heterocycles. The van der Waals surface area contributed by atoms with Crippen LogP contribution in [0.15, 0.2) is 0 Å². The summed E-state index contributed by atoms with van der Waals surface area (Å²) in [6.07, 6.45) is 1.04. The fourth-order valence-electron chi connectivity index (χ4n) is 2.07. The molecular formula is C13H23NO5. The van der Waals surface area contributed by atoms with Crippen LogP contribution in [0.2, 0.25) is 0 Å². The number of hydrogen-bond donors (Lipinski definition) is 2. The second-order valence-corrected chi connectivity index (χ2v) is 5.83. The van der Waals surface area contributed by atoms with Gasteiger partial charge in [-0.3, -0.25) is 4.79 Å². The maximum atomic E-state index is 11.7. The van der Waals surface area contributed by atoms with E-state index in [4.69, 9.17) is 14.6 Å². The Morgan fingerprint density at radius 2 is 2.16 bits per heavy atom. The molecular weight excluding hydrogens is 250 g/mol. The van der Waals surface area contributed by atoms with Gasteiger partial charge >= 0.3 is 12.1 Å². The summed E-state index contributed by atoms with van der Waals surface area (Å²) < 4.78 is 10.5. The van der Waals surface area contributed by atoms with E-state index < -0.39 is 23.7 Å². The SMILES string of the molecule is CC(C)(C)OC(=O)N[C@H](CC(=O)O)C1CCCOC1. The number of alkyl carbamates (subject to hydrolysis) is 1. The standard InChI is InChI=1S/C13H23NO5/c1-13(2,3)19-12(17)14-10(7-11(15)16)9-5-4-6-18-8-9/h9-10H,4-8H2,1-3H3,(H,14,17)(H,15,16)/t9?,10-/m1/s1. The molecule has 0 spiro atoms. The molecule has 1 unspecified atom stereocenters. The minimum Gasteiger partial charge on any atom is -0.481 e. The Kier molecular flexibility index (Phi) is 5.60. The van der Waals surface area contributed by atoms with Crippen LogP contribution in [0.25, 0.3) is 0 Å². The highest BCUT2D eigenvalue weighted by Crippen LogP contribution is 2.20. The molecule has 1 amide bonds. The van der Waals surface area contributed by atoms with Gasteiger partial charge in [0.1, 0.15) is 5.60 Å². The van der Waals surface area contributed by atoms with E-state index in [1.54, 1.807) is 20.8 Å². The van der Waals surface area contributed by atoms with Crippen molar-refractivity contribution >= 4 is 12.1 Å². The van der Waals surface area contributed by atoms with Crippen molar-refractivity contribution in [3.8, 4) is 0 Å². The predicted molar refractivity (Wildman–Crippen MR) is 69.0 cm³/mol. The van der Waals surface area contributed by atoms with Crippen molar-refractivity contribution in [1.29, 1.82) is 0 Å². The van der Waals surface area contributed by atoms with Gasteiger partial charge in [-0.2, -0.15) is 0 Å². The average molecular weight is 273 g/mol. The number of ether oxygens (including phenoxy) is 2. The van der Waals surface area contributed by atoms with Crippen LogP contribution >= 0.6 is 0 Å². The molecule has 1 heterocycles. The normalized spacial score (nSPS) is 21.5. The van der Waals surface area contributed by atoms with Gasteiger partial charge in [-0.15, -0.1) is 0 Å². The van der Waals surface area contributed by atoms with Gasteiger partial charge in [0, 0.05) is 18.6 Å². The van der Waals surface area contributed by atoms with Crippen molar-refractivity contribution in [3.63, 3.8) is 0 Å². The van der Waals surface area contributed by atoms with E-state index in [1.807, 2.05) is 0 Å². The van der Waals surface area contributed by atoms with Crippen LogP contribution in [-0.2, 0) is 14.3 Å². The summed E-state index contributed by atoms with van der Waals surface area (Å²) in [6, 6.07) is -0.451. The molecule has 1 rings (SSSR count). The number of rotatable bonds is 4. The Morgan fingerprint density at radius 3 is 2.63 bits per heavy atom. The summed E-state index contributed by atoms with van der Waals surface area (Å²) in [5, 5.41) is 11.6. The minimum absolute atomic E-state index is 0.0253. The zero-order valence-electron chi connectivity index (χ0n) is 11.8. The van der Waals surface area contributed by atoms with Crippen molar-refractivity contribution in [2.45, 2.75) is 51.7 Å². The molecule has 0 bridgehead atoms. The third kappa shape index (κ3) is 6.42. The number of carboxylic acids is 1. The van der Waals surface area contributed by atoms with E-state index in [-0.39, 0.29) is 12.3 Å². The van der Waals surface area contributed by atoms with E-state index in [9.17, 15) is 9.59 Å². The summed E-state index contributed by atoms with van der Waals surface area (Å²) in [6.45, 7) is 6.48. The number of carbonyl (C=O) groups excluding carboxylic acids is 1. The number of hydrogen-bond acceptors (Lipinski definition) is 4. The third-order valence-corrected chi connectivity index (χ3v) is 2.86. The van der Waals surface area contributed by atoms with Crippen LogP contribution in [0.1, 0.15) is 40.0 Å². The molecule has 0 aliphatic carbocycles. The number of amides is 1. The maximum absolute atomic E-state index is 11.7. The second kappa shape index (κ2) is 6.75. The zero-order chi connectivity index (χ0) is 14.5. The Morgan fingerprint density at radius 1 is 1.47 bits per heavy atom. The molecule has 6 heteroatoms. The molecule has 0 aromatic heterocycles. The summed E-state index contributed by atoms with van der Waals surface area (Å²) in [7, 11) is 0. The number of carboxylic acid groups (broad SMARTS) is 1. The minimum atomic E-state index is -0.938. The molecule has 0 saturated carbocycles. The molecule has 2 N–H and O–H groups in total. The van der Waals surface area contributed by atoms with Crippen molar-refractivity contribution in [2.24, 2.45) is 5.92 Å². The lowest BCUT2D eigenvalue weighted by Gasteiger charge is -2.30. The lowest BCUT2D eigenvalue weighted by molar-refractivity contribution is -0.138. The van der Waals surface area contributed by atoms with Crippen LogP contribution in [0, 0.1) is 5.92 Å². The molecule has 2 atom stereocenters. The molecule has 0 aromatic carbocycles. The van der Waals surface area contributed by atoms with Gasteiger partial charge in [0.05, 0.1) is 13.0 Å². The molecule has 0 aromatic rings. The molecule has 1 aliphatic heterocycles. The highest BCUT2D eigenvalue weighted by Gasteiger charge is 2.29. The van der Waals surface area contributed by atoms with Gasteiger partial charge in [-0.25, -0.2) is 4.79 Å². The number of aliphatic carboxylic acids is 1. The monoisotopic (exact) mass is 273 g/mol. The fourth-order valence-corrected chi connectivity index (χ4v) is 2.07. The topological polar surface area (TPSA) is 84.9 Å². The maximum Gasteiger partial charge on any atom is 0.407 e. The van der Waals surface area contributed by atoms with Gasteiger partial charge in [0.25, 0.3) is 0 Å². The van der Waals surface area contributed by atoms with Gasteiger partial charge < -0.3 is 19.9 Å². The third-order valence-electron chi connectivity index (χ3n) is 2.86. The Labute approximate surface area is 113 Å². The quantitative estimate of drug-likeness (QED) is 0.815. The molecule has 110 valence electrons. The van der Waals surface area contributed by atoms with Crippen LogP contribution in [0.5, 0.6) is 0 Å². The van der Waals surface area contributed by atoms with E-state index in [0.29, 0.717) is 13.2 Å². The predicted octanol–water partition coefficient (Wildman–Crippen LogP) is 1.78. The molecule has 0 radical (unpaired) electrons.